The Morgan fingerprint density at radius 3 is 2.41 bits per heavy atom. The third-order valence-electron chi connectivity index (χ3n) is 2.01. The molecule has 1 unspecified atom stereocenters. The van der Waals surface area contributed by atoms with Gasteiger partial charge in [-0.15, -0.1) is 11.6 Å². The summed E-state index contributed by atoms with van der Waals surface area (Å²) in [7, 11) is 0. The van der Waals surface area contributed by atoms with Gasteiger partial charge in [0.2, 0.25) is 5.91 Å². The molecule has 0 radical (unpaired) electrons. The minimum Gasteiger partial charge on any atom is -0.368 e. The molecule has 1 rings (SSSR count). The van der Waals surface area contributed by atoms with Crippen LogP contribution in [0.2, 0.25) is 5.02 Å². The van der Waals surface area contributed by atoms with Crippen molar-refractivity contribution in [3.05, 3.63) is 34.3 Å². The van der Waals surface area contributed by atoms with Crippen molar-refractivity contribution in [2.45, 2.75) is 18.0 Å². The summed E-state index contributed by atoms with van der Waals surface area (Å²) in [5.74, 6) is -0.791. The molecular formula is C10H8Cl2F3NO. The molecule has 0 aromatic heterocycles. The number of nitrogens with two attached hydrogens (primary N) is 1. The average Bonchev–Trinajstić information content (AvgIpc) is 2.15. The van der Waals surface area contributed by atoms with Gasteiger partial charge in [0.05, 0.1) is 5.56 Å². The maximum atomic E-state index is 12.5. The maximum Gasteiger partial charge on any atom is 0.416 e. The van der Waals surface area contributed by atoms with E-state index in [2.05, 4.69) is 0 Å². The van der Waals surface area contributed by atoms with E-state index in [1.165, 1.54) is 6.07 Å². The normalized spacial score (nSPS) is 13.5. The van der Waals surface area contributed by atoms with Crippen molar-refractivity contribution >= 4 is 29.1 Å². The number of alkyl halides is 4. The van der Waals surface area contributed by atoms with Gasteiger partial charge in [-0.2, -0.15) is 13.2 Å². The van der Waals surface area contributed by atoms with E-state index in [-0.39, 0.29) is 17.0 Å². The Balaban J connectivity index is 3.02. The van der Waals surface area contributed by atoms with E-state index in [9.17, 15) is 18.0 Å². The first-order chi connectivity index (χ1) is 7.70. The topological polar surface area (TPSA) is 43.1 Å². The zero-order valence-corrected chi connectivity index (χ0v) is 9.90. The average molecular weight is 286 g/mol. The highest BCUT2D eigenvalue weighted by atomic mass is 35.5. The second-order valence-corrected chi connectivity index (χ2v) is 4.38. The van der Waals surface area contributed by atoms with E-state index in [1.54, 1.807) is 0 Å². The molecule has 0 spiro atoms. The molecule has 1 amide bonds. The molecule has 0 aliphatic heterocycles. The number of hydrogen-bond donors (Lipinski definition) is 1. The van der Waals surface area contributed by atoms with Crippen LogP contribution in [-0.4, -0.2) is 11.3 Å². The smallest absolute Gasteiger partial charge is 0.368 e. The van der Waals surface area contributed by atoms with Crippen molar-refractivity contribution in [1.29, 1.82) is 0 Å². The Labute approximate surface area is 105 Å². The highest BCUT2D eigenvalue weighted by molar-refractivity contribution is 6.31. The molecule has 0 aliphatic carbocycles. The van der Waals surface area contributed by atoms with Gasteiger partial charge >= 0.3 is 6.18 Å². The molecule has 1 aromatic rings. The van der Waals surface area contributed by atoms with Gasteiger partial charge in [0.1, 0.15) is 5.38 Å². The standard InChI is InChI=1S/C10H8Cl2F3NO/c11-7-2-5(3-8(12)9(16)17)1-6(4-7)10(13,14)15/h1-2,4,8H,3H2,(H2,16,17). The summed E-state index contributed by atoms with van der Waals surface area (Å²) in [4.78, 5) is 10.7. The molecule has 2 nitrogen and oxygen atoms in total. The zero-order chi connectivity index (χ0) is 13.2. The highest BCUT2D eigenvalue weighted by Crippen LogP contribution is 2.32. The van der Waals surface area contributed by atoms with E-state index >= 15 is 0 Å². The van der Waals surface area contributed by atoms with Gasteiger partial charge in [-0.25, -0.2) is 0 Å². The van der Waals surface area contributed by atoms with Crippen molar-refractivity contribution in [2.24, 2.45) is 5.73 Å². The van der Waals surface area contributed by atoms with Crippen LogP contribution < -0.4 is 5.73 Å². The number of halogens is 5. The van der Waals surface area contributed by atoms with Crippen LogP contribution in [0.3, 0.4) is 0 Å². The third-order valence-corrected chi connectivity index (χ3v) is 2.60. The van der Waals surface area contributed by atoms with Crippen LogP contribution in [0.1, 0.15) is 11.1 Å². The number of primary amides is 1. The molecule has 0 bridgehead atoms. The fourth-order valence-corrected chi connectivity index (χ4v) is 1.68. The van der Waals surface area contributed by atoms with Crippen LogP contribution in [0.4, 0.5) is 13.2 Å². The van der Waals surface area contributed by atoms with Crippen molar-refractivity contribution in [3.63, 3.8) is 0 Å². The van der Waals surface area contributed by atoms with Gasteiger partial charge in [-0.05, 0) is 30.2 Å². The first-order valence-corrected chi connectivity index (χ1v) is 5.31. The molecular weight excluding hydrogens is 278 g/mol. The van der Waals surface area contributed by atoms with Crippen LogP contribution in [0.25, 0.3) is 0 Å². The monoisotopic (exact) mass is 285 g/mol. The van der Waals surface area contributed by atoms with Crippen molar-refractivity contribution in [3.8, 4) is 0 Å². The Bertz CT molecular complexity index is 434. The van der Waals surface area contributed by atoms with Gasteiger partial charge in [0, 0.05) is 5.02 Å². The van der Waals surface area contributed by atoms with Crippen molar-refractivity contribution in [1.82, 2.24) is 0 Å². The van der Waals surface area contributed by atoms with Crippen LogP contribution in [0, 0.1) is 0 Å². The fraction of sp³-hybridized carbons (Fsp3) is 0.300. The summed E-state index contributed by atoms with van der Waals surface area (Å²) in [5.41, 5.74) is 4.25. The number of rotatable bonds is 3. The van der Waals surface area contributed by atoms with Crippen LogP contribution in [0.5, 0.6) is 0 Å². The van der Waals surface area contributed by atoms with Gasteiger partial charge in [0.25, 0.3) is 0 Å². The highest BCUT2D eigenvalue weighted by Gasteiger charge is 2.31. The van der Waals surface area contributed by atoms with Crippen molar-refractivity contribution < 1.29 is 18.0 Å². The Kier molecular flexibility index (Phi) is 4.27. The summed E-state index contributed by atoms with van der Waals surface area (Å²) < 4.78 is 37.4. The molecule has 0 heterocycles. The quantitative estimate of drug-likeness (QED) is 0.853. The van der Waals surface area contributed by atoms with Crippen LogP contribution in [0.15, 0.2) is 18.2 Å². The molecule has 17 heavy (non-hydrogen) atoms. The first-order valence-electron chi connectivity index (χ1n) is 4.50. The lowest BCUT2D eigenvalue weighted by Gasteiger charge is -2.11. The van der Waals surface area contributed by atoms with E-state index < -0.39 is 23.0 Å². The minimum atomic E-state index is -4.49. The van der Waals surface area contributed by atoms with E-state index in [0.717, 1.165) is 12.1 Å². The third kappa shape index (κ3) is 4.09. The zero-order valence-electron chi connectivity index (χ0n) is 8.39. The van der Waals surface area contributed by atoms with Crippen LogP contribution in [-0.2, 0) is 17.4 Å². The number of carbonyl (C=O) groups excluding carboxylic acids is 1. The molecule has 2 N–H and O–H groups in total. The second-order valence-electron chi connectivity index (χ2n) is 3.42. The number of carbonyl (C=O) groups is 1. The Morgan fingerprint density at radius 1 is 1.35 bits per heavy atom. The Hall–Kier alpha value is -0.940. The van der Waals surface area contributed by atoms with E-state index in [0.29, 0.717) is 0 Å². The molecule has 0 saturated heterocycles. The predicted octanol–water partition coefficient (Wildman–Crippen LogP) is 2.99. The van der Waals surface area contributed by atoms with Crippen molar-refractivity contribution in [2.75, 3.05) is 0 Å². The minimum absolute atomic E-state index is 0.0665. The predicted molar refractivity (Wildman–Crippen MR) is 59.0 cm³/mol. The number of amides is 1. The van der Waals surface area contributed by atoms with Gasteiger partial charge in [0.15, 0.2) is 0 Å². The molecule has 0 aliphatic rings. The summed E-state index contributed by atoms with van der Waals surface area (Å²) in [6.07, 6.45) is -4.59. The molecule has 1 atom stereocenters. The van der Waals surface area contributed by atoms with Crippen LogP contribution >= 0.6 is 23.2 Å². The summed E-state index contributed by atoms with van der Waals surface area (Å²) >= 11 is 11.1. The molecule has 94 valence electrons. The first kappa shape index (κ1) is 14.1. The summed E-state index contributed by atoms with van der Waals surface area (Å²) in [6, 6.07) is 3.01. The van der Waals surface area contributed by atoms with Gasteiger partial charge < -0.3 is 5.73 Å². The lowest BCUT2D eigenvalue weighted by atomic mass is 10.1. The lowest BCUT2D eigenvalue weighted by molar-refractivity contribution is -0.137. The SMILES string of the molecule is NC(=O)C(Cl)Cc1cc(Cl)cc(C(F)(F)F)c1. The maximum absolute atomic E-state index is 12.5. The summed E-state index contributed by atoms with van der Waals surface area (Å²) in [6.45, 7) is 0. The van der Waals surface area contributed by atoms with E-state index in [1.807, 2.05) is 0 Å². The largest absolute Gasteiger partial charge is 0.416 e. The molecule has 1 aromatic carbocycles. The molecule has 0 saturated carbocycles. The fourth-order valence-electron chi connectivity index (χ4n) is 1.24. The van der Waals surface area contributed by atoms with Gasteiger partial charge in [-0.3, -0.25) is 4.79 Å². The lowest BCUT2D eigenvalue weighted by Crippen LogP contribution is -2.25. The molecule has 0 fully saturated rings. The summed E-state index contributed by atoms with van der Waals surface area (Å²) in [5, 5.41) is -1.13. The van der Waals surface area contributed by atoms with E-state index in [4.69, 9.17) is 28.9 Å². The molecule has 7 heteroatoms. The Morgan fingerprint density at radius 2 is 1.94 bits per heavy atom. The second kappa shape index (κ2) is 5.14. The van der Waals surface area contributed by atoms with Gasteiger partial charge in [-0.1, -0.05) is 11.6 Å². The number of hydrogen-bond acceptors (Lipinski definition) is 1. The number of benzene rings is 1.